The lowest BCUT2D eigenvalue weighted by Crippen LogP contribution is -2.17. The van der Waals surface area contributed by atoms with Crippen molar-refractivity contribution in [3.05, 3.63) is 16.4 Å². The van der Waals surface area contributed by atoms with E-state index in [1.54, 1.807) is 7.11 Å². The number of aromatic nitrogens is 2. The maximum Gasteiger partial charge on any atom is 0.0850 e. The summed E-state index contributed by atoms with van der Waals surface area (Å²) < 4.78 is 12.1. The Labute approximate surface area is 125 Å². The fourth-order valence-electron chi connectivity index (χ4n) is 2.00. The number of aliphatic hydroxyl groups is 1. The van der Waals surface area contributed by atoms with E-state index >= 15 is 0 Å². The monoisotopic (exact) mass is 304 g/mol. The standard InChI is InChI=1S/C14H25ClN2O3/c1-4-12-14(15)13(17(5-2)16-12)10-11(18)6-7-20-9-8-19-3/h11,18H,4-10H2,1-3H3. The molecule has 0 aliphatic heterocycles. The van der Waals surface area contributed by atoms with Crippen LogP contribution in [0.15, 0.2) is 0 Å². The third-order valence-corrected chi connectivity index (χ3v) is 3.59. The van der Waals surface area contributed by atoms with Crippen molar-refractivity contribution in [3.63, 3.8) is 0 Å². The van der Waals surface area contributed by atoms with E-state index in [-0.39, 0.29) is 0 Å². The number of halogens is 1. The maximum atomic E-state index is 10.1. The van der Waals surface area contributed by atoms with E-state index in [4.69, 9.17) is 21.1 Å². The van der Waals surface area contributed by atoms with Gasteiger partial charge in [0.15, 0.2) is 0 Å². The van der Waals surface area contributed by atoms with Crippen LogP contribution in [0, 0.1) is 0 Å². The summed E-state index contributed by atoms with van der Waals surface area (Å²) in [5.74, 6) is 0. The van der Waals surface area contributed by atoms with Gasteiger partial charge >= 0.3 is 0 Å². The van der Waals surface area contributed by atoms with Crippen molar-refractivity contribution < 1.29 is 14.6 Å². The number of aliphatic hydroxyl groups excluding tert-OH is 1. The van der Waals surface area contributed by atoms with Gasteiger partial charge in [-0.2, -0.15) is 5.10 Å². The van der Waals surface area contributed by atoms with Crippen LogP contribution in [0.1, 0.15) is 31.7 Å². The van der Waals surface area contributed by atoms with Crippen LogP contribution in [0.25, 0.3) is 0 Å². The maximum absolute atomic E-state index is 10.1. The third-order valence-electron chi connectivity index (χ3n) is 3.15. The second-order valence-corrected chi connectivity index (χ2v) is 5.01. The van der Waals surface area contributed by atoms with E-state index in [9.17, 15) is 5.11 Å². The fraction of sp³-hybridized carbons (Fsp3) is 0.786. The summed E-state index contributed by atoms with van der Waals surface area (Å²) in [6.45, 7) is 6.45. The van der Waals surface area contributed by atoms with Gasteiger partial charge < -0.3 is 14.6 Å². The van der Waals surface area contributed by atoms with E-state index in [1.807, 2.05) is 18.5 Å². The van der Waals surface area contributed by atoms with E-state index in [2.05, 4.69) is 5.10 Å². The second-order valence-electron chi connectivity index (χ2n) is 4.63. The molecule has 1 aromatic rings. The Balaban J connectivity index is 2.48. The van der Waals surface area contributed by atoms with Crippen molar-refractivity contribution in [1.82, 2.24) is 9.78 Å². The second kappa shape index (κ2) is 9.34. The summed E-state index contributed by atoms with van der Waals surface area (Å²) in [5.41, 5.74) is 1.81. The minimum absolute atomic E-state index is 0.471. The minimum Gasteiger partial charge on any atom is -0.393 e. The summed E-state index contributed by atoms with van der Waals surface area (Å²) in [5, 5.41) is 15.2. The number of rotatable bonds is 10. The van der Waals surface area contributed by atoms with Gasteiger partial charge in [0, 0.05) is 26.7 Å². The largest absolute Gasteiger partial charge is 0.393 e. The average molecular weight is 305 g/mol. The van der Waals surface area contributed by atoms with Crippen molar-refractivity contribution in [1.29, 1.82) is 0 Å². The lowest BCUT2D eigenvalue weighted by atomic mass is 10.1. The molecule has 0 saturated carbocycles. The molecule has 0 aliphatic rings. The van der Waals surface area contributed by atoms with Crippen molar-refractivity contribution in [3.8, 4) is 0 Å². The smallest absolute Gasteiger partial charge is 0.0850 e. The Kier molecular flexibility index (Phi) is 8.14. The molecule has 0 fully saturated rings. The molecule has 1 aromatic heterocycles. The lowest BCUT2D eigenvalue weighted by molar-refractivity contribution is 0.0475. The highest BCUT2D eigenvalue weighted by atomic mass is 35.5. The molecule has 0 aromatic carbocycles. The molecule has 0 radical (unpaired) electrons. The molecule has 1 rings (SSSR count). The molecule has 1 heterocycles. The molecular formula is C14H25ClN2O3. The van der Waals surface area contributed by atoms with Gasteiger partial charge in [0.1, 0.15) is 0 Å². The fourth-order valence-corrected chi connectivity index (χ4v) is 2.35. The van der Waals surface area contributed by atoms with Gasteiger partial charge in [-0.05, 0) is 19.8 Å². The predicted octanol–water partition coefficient (Wildman–Crippen LogP) is 2.08. The summed E-state index contributed by atoms with van der Waals surface area (Å²) in [7, 11) is 1.64. The Morgan fingerprint density at radius 1 is 1.30 bits per heavy atom. The molecule has 1 atom stereocenters. The van der Waals surface area contributed by atoms with Crippen molar-refractivity contribution in [2.75, 3.05) is 26.9 Å². The molecular weight excluding hydrogens is 280 g/mol. The first kappa shape index (κ1) is 17.4. The summed E-state index contributed by atoms with van der Waals surface area (Å²) in [6, 6.07) is 0. The zero-order valence-electron chi connectivity index (χ0n) is 12.6. The molecule has 5 nitrogen and oxygen atoms in total. The summed E-state index contributed by atoms with van der Waals surface area (Å²) >= 11 is 6.31. The first-order chi connectivity index (χ1) is 9.63. The van der Waals surface area contributed by atoms with Crippen LogP contribution in [-0.4, -0.2) is 47.9 Å². The predicted molar refractivity (Wildman–Crippen MR) is 79.3 cm³/mol. The van der Waals surface area contributed by atoms with Gasteiger partial charge in [0.25, 0.3) is 0 Å². The van der Waals surface area contributed by atoms with Gasteiger partial charge in [0.05, 0.1) is 35.7 Å². The first-order valence-corrected chi connectivity index (χ1v) is 7.50. The topological polar surface area (TPSA) is 56.5 Å². The Bertz CT molecular complexity index is 396. The van der Waals surface area contributed by atoms with E-state index < -0.39 is 6.10 Å². The van der Waals surface area contributed by atoms with Crippen LogP contribution < -0.4 is 0 Å². The van der Waals surface area contributed by atoms with Crippen molar-refractivity contribution in [2.24, 2.45) is 0 Å². The molecule has 20 heavy (non-hydrogen) atoms. The number of hydrogen-bond acceptors (Lipinski definition) is 4. The Morgan fingerprint density at radius 2 is 2.05 bits per heavy atom. The molecule has 6 heteroatoms. The average Bonchev–Trinajstić information content (AvgIpc) is 2.75. The molecule has 0 aliphatic carbocycles. The number of ether oxygens (including phenoxy) is 2. The molecule has 0 spiro atoms. The van der Waals surface area contributed by atoms with Crippen LogP contribution in [0.4, 0.5) is 0 Å². The SMILES string of the molecule is CCc1nn(CC)c(CC(O)CCOCCOC)c1Cl. The molecule has 0 amide bonds. The Hall–Kier alpha value is -0.620. The van der Waals surface area contributed by atoms with Crippen LogP contribution >= 0.6 is 11.6 Å². The summed E-state index contributed by atoms with van der Waals surface area (Å²) in [6.07, 6.45) is 1.42. The van der Waals surface area contributed by atoms with E-state index in [0.717, 1.165) is 24.4 Å². The number of aryl methyl sites for hydroxylation is 2. The van der Waals surface area contributed by atoms with Gasteiger partial charge in [-0.15, -0.1) is 0 Å². The van der Waals surface area contributed by atoms with Crippen molar-refractivity contribution in [2.45, 2.75) is 45.8 Å². The van der Waals surface area contributed by atoms with Crippen LogP contribution in [0.2, 0.25) is 5.02 Å². The van der Waals surface area contributed by atoms with Gasteiger partial charge in [-0.1, -0.05) is 18.5 Å². The van der Waals surface area contributed by atoms with Crippen LogP contribution in [0.3, 0.4) is 0 Å². The number of methoxy groups -OCH3 is 1. The number of hydrogen-bond donors (Lipinski definition) is 1. The minimum atomic E-state index is -0.471. The number of nitrogens with zero attached hydrogens (tertiary/aromatic N) is 2. The Morgan fingerprint density at radius 3 is 2.65 bits per heavy atom. The molecule has 0 bridgehead atoms. The molecule has 0 saturated heterocycles. The van der Waals surface area contributed by atoms with Gasteiger partial charge in [-0.25, -0.2) is 0 Å². The zero-order chi connectivity index (χ0) is 15.0. The lowest BCUT2D eigenvalue weighted by Gasteiger charge is -2.12. The molecule has 1 N–H and O–H groups in total. The van der Waals surface area contributed by atoms with Crippen LogP contribution in [0.5, 0.6) is 0 Å². The highest BCUT2D eigenvalue weighted by Crippen LogP contribution is 2.23. The van der Waals surface area contributed by atoms with Gasteiger partial charge in [0.2, 0.25) is 0 Å². The van der Waals surface area contributed by atoms with Crippen molar-refractivity contribution >= 4 is 11.6 Å². The normalized spacial score (nSPS) is 12.8. The van der Waals surface area contributed by atoms with E-state index in [0.29, 0.717) is 37.7 Å². The highest BCUT2D eigenvalue weighted by molar-refractivity contribution is 6.31. The van der Waals surface area contributed by atoms with E-state index in [1.165, 1.54) is 0 Å². The van der Waals surface area contributed by atoms with Gasteiger partial charge in [-0.3, -0.25) is 4.68 Å². The summed E-state index contributed by atoms with van der Waals surface area (Å²) in [4.78, 5) is 0. The molecule has 1 unspecified atom stereocenters. The zero-order valence-corrected chi connectivity index (χ0v) is 13.3. The first-order valence-electron chi connectivity index (χ1n) is 7.12. The quantitative estimate of drug-likeness (QED) is 0.672. The molecule has 116 valence electrons. The van der Waals surface area contributed by atoms with Crippen LogP contribution in [-0.2, 0) is 28.9 Å². The highest BCUT2D eigenvalue weighted by Gasteiger charge is 2.17. The third kappa shape index (κ3) is 5.05.